The Morgan fingerprint density at radius 1 is 1.16 bits per heavy atom. The van der Waals surface area contributed by atoms with Gasteiger partial charge in [-0.05, 0) is 37.2 Å². The van der Waals surface area contributed by atoms with E-state index in [-0.39, 0.29) is 23.4 Å². The Kier molecular flexibility index (Phi) is 8.00. The molecule has 0 unspecified atom stereocenters. The second kappa shape index (κ2) is 10.7. The van der Waals surface area contributed by atoms with Crippen LogP contribution in [0.2, 0.25) is 0 Å². The van der Waals surface area contributed by atoms with Crippen LogP contribution in [0.4, 0.5) is 10.1 Å². The summed E-state index contributed by atoms with van der Waals surface area (Å²) in [5.74, 6) is -1.37. The van der Waals surface area contributed by atoms with Gasteiger partial charge in [-0.15, -0.1) is 0 Å². The third-order valence-electron chi connectivity index (χ3n) is 5.15. The normalized spacial score (nSPS) is 14.9. The number of morpholine rings is 1. The molecule has 0 amide bonds. The van der Waals surface area contributed by atoms with Crippen LogP contribution in [0.5, 0.6) is 0 Å². The Bertz CT molecular complexity index is 979. The number of para-hydroxylation sites is 1. The number of rotatable bonds is 9. The molecule has 168 valence electrons. The summed E-state index contributed by atoms with van der Waals surface area (Å²) in [6.45, 7) is 3.39. The summed E-state index contributed by atoms with van der Waals surface area (Å²) in [5.41, 5.74) is 0.710. The molecule has 3 rings (SSSR count). The first-order valence-electron chi connectivity index (χ1n) is 10.1. The quantitative estimate of drug-likeness (QED) is 0.547. The lowest BCUT2D eigenvalue weighted by Crippen LogP contribution is -2.38. The average molecular weight is 451 g/mol. The van der Waals surface area contributed by atoms with Crippen LogP contribution >= 0.6 is 0 Å². The molecule has 0 atom stereocenters. The molecule has 7 nitrogen and oxygen atoms in total. The van der Waals surface area contributed by atoms with Gasteiger partial charge in [0.05, 0.1) is 43.9 Å². The van der Waals surface area contributed by atoms with Crippen molar-refractivity contribution in [2.75, 3.05) is 50.0 Å². The van der Waals surface area contributed by atoms with Gasteiger partial charge in [-0.3, -0.25) is 9.21 Å². The van der Waals surface area contributed by atoms with E-state index in [1.165, 1.54) is 23.5 Å². The van der Waals surface area contributed by atoms with E-state index < -0.39 is 21.8 Å². The lowest BCUT2D eigenvalue weighted by atomic mass is 10.1. The minimum atomic E-state index is -3.71. The number of carbonyl (C=O) groups is 1. The zero-order valence-electron chi connectivity index (χ0n) is 17.5. The van der Waals surface area contributed by atoms with Gasteiger partial charge in [0.2, 0.25) is 10.0 Å². The highest BCUT2D eigenvalue weighted by Crippen LogP contribution is 2.23. The number of ether oxygens (including phenoxy) is 2. The van der Waals surface area contributed by atoms with Crippen LogP contribution in [-0.2, 0) is 26.0 Å². The largest absolute Gasteiger partial charge is 0.465 e. The summed E-state index contributed by atoms with van der Waals surface area (Å²) in [6.07, 6.45) is 0.468. The fourth-order valence-electron chi connectivity index (χ4n) is 3.43. The molecule has 1 aliphatic heterocycles. The highest BCUT2D eigenvalue weighted by molar-refractivity contribution is 7.92. The van der Waals surface area contributed by atoms with Crippen molar-refractivity contribution in [1.29, 1.82) is 0 Å². The van der Waals surface area contributed by atoms with Crippen molar-refractivity contribution in [2.24, 2.45) is 0 Å². The number of nitrogens with zero attached hydrogens (tertiary/aromatic N) is 2. The van der Waals surface area contributed by atoms with E-state index in [2.05, 4.69) is 9.64 Å². The molecular formula is C22H27FN2O5S. The summed E-state index contributed by atoms with van der Waals surface area (Å²) in [5, 5.41) is 0. The maximum atomic E-state index is 14.7. The first-order chi connectivity index (χ1) is 14.9. The van der Waals surface area contributed by atoms with E-state index in [9.17, 15) is 17.6 Å². The first-order valence-corrected chi connectivity index (χ1v) is 11.7. The number of halogens is 1. The van der Waals surface area contributed by atoms with Crippen LogP contribution in [0.15, 0.2) is 48.5 Å². The van der Waals surface area contributed by atoms with Gasteiger partial charge in [0.25, 0.3) is 0 Å². The third kappa shape index (κ3) is 6.25. The zero-order valence-corrected chi connectivity index (χ0v) is 18.3. The first kappa shape index (κ1) is 23.2. The molecule has 0 aliphatic carbocycles. The van der Waals surface area contributed by atoms with Gasteiger partial charge in [-0.25, -0.2) is 17.6 Å². The lowest BCUT2D eigenvalue weighted by molar-refractivity contribution is 0.0381. The molecule has 0 aromatic heterocycles. The van der Waals surface area contributed by atoms with Crippen LogP contribution in [-0.4, -0.2) is 65.0 Å². The number of carbonyl (C=O) groups excluding carboxylic acids is 1. The standard InChI is InChI=1S/C22H27FN2O5S/c1-29-22(26)18-8-9-19(21(23)16-18)17-25(20-6-3-2-4-7-20)31(27,28)15-5-10-24-11-13-30-14-12-24/h2-4,6-9,16H,5,10-15,17H2,1H3. The molecule has 2 aromatic carbocycles. The van der Waals surface area contributed by atoms with Crippen LogP contribution in [0.25, 0.3) is 0 Å². The van der Waals surface area contributed by atoms with Crippen molar-refractivity contribution in [1.82, 2.24) is 4.90 Å². The molecule has 0 N–H and O–H groups in total. The van der Waals surface area contributed by atoms with Gasteiger partial charge < -0.3 is 9.47 Å². The number of esters is 1. The molecule has 0 spiro atoms. The molecular weight excluding hydrogens is 423 g/mol. The Morgan fingerprint density at radius 3 is 2.52 bits per heavy atom. The minimum absolute atomic E-state index is 0.0544. The summed E-state index contributed by atoms with van der Waals surface area (Å²) < 4.78 is 52.2. The summed E-state index contributed by atoms with van der Waals surface area (Å²) in [6, 6.07) is 12.5. The Balaban J connectivity index is 1.77. The van der Waals surface area contributed by atoms with Gasteiger partial charge in [0, 0.05) is 18.7 Å². The van der Waals surface area contributed by atoms with Crippen LogP contribution < -0.4 is 4.31 Å². The maximum absolute atomic E-state index is 14.7. The number of methoxy groups -OCH3 is 1. The number of hydrogen-bond acceptors (Lipinski definition) is 6. The second-order valence-electron chi connectivity index (χ2n) is 7.26. The molecule has 0 bridgehead atoms. The van der Waals surface area contributed by atoms with Crippen LogP contribution in [0, 0.1) is 5.82 Å². The van der Waals surface area contributed by atoms with E-state index in [0.29, 0.717) is 31.9 Å². The fourth-order valence-corrected chi connectivity index (χ4v) is 4.92. The highest BCUT2D eigenvalue weighted by atomic mass is 32.2. The van der Waals surface area contributed by atoms with Gasteiger partial charge in [0.15, 0.2) is 0 Å². The maximum Gasteiger partial charge on any atom is 0.337 e. The molecule has 31 heavy (non-hydrogen) atoms. The highest BCUT2D eigenvalue weighted by Gasteiger charge is 2.24. The van der Waals surface area contributed by atoms with Crippen molar-refractivity contribution in [3.63, 3.8) is 0 Å². The lowest BCUT2D eigenvalue weighted by Gasteiger charge is -2.28. The Morgan fingerprint density at radius 2 is 1.87 bits per heavy atom. The van der Waals surface area contributed by atoms with Crippen molar-refractivity contribution >= 4 is 21.7 Å². The number of sulfonamides is 1. The Hall–Kier alpha value is -2.49. The molecule has 2 aromatic rings. The van der Waals surface area contributed by atoms with E-state index in [1.807, 2.05) is 0 Å². The van der Waals surface area contributed by atoms with Gasteiger partial charge in [0.1, 0.15) is 5.82 Å². The number of benzene rings is 2. The average Bonchev–Trinajstić information content (AvgIpc) is 2.78. The molecule has 1 fully saturated rings. The smallest absolute Gasteiger partial charge is 0.337 e. The van der Waals surface area contributed by atoms with E-state index in [4.69, 9.17) is 4.74 Å². The summed E-state index contributed by atoms with van der Waals surface area (Å²) >= 11 is 0. The fraction of sp³-hybridized carbons (Fsp3) is 0.409. The van der Waals surface area contributed by atoms with Gasteiger partial charge in [-0.2, -0.15) is 0 Å². The summed E-state index contributed by atoms with van der Waals surface area (Å²) in [4.78, 5) is 13.8. The van der Waals surface area contributed by atoms with Crippen LogP contribution in [0.1, 0.15) is 22.3 Å². The third-order valence-corrected chi connectivity index (χ3v) is 6.96. The topological polar surface area (TPSA) is 76.2 Å². The van der Waals surface area contributed by atoms with E-state index in [1.54, 1.807) is 30.3 Å². The molecule has 1 aliphatic rings. The molecule has 9 heteroatoms. The predicted octanol–water partition coefficient (Wildman–Crippen LogP) is 2.67. The van der Waals surface area contributed by atoms with E-state index in [0.717, 1.165) is 19.2 Å². The van der Waals surface area contributed by atoms with Crippen molar-refractivity contribution in [3.05, 3.63) is 65.5 Å². The van der Waals surface area contributed by atoms with Crippen LogP contribution in [0.3, 0.4) is 0 Å². The molecule has 0 radical (unpaired) electrons. The summed E-state index contributed by atoms with van der Waals surface area (Å²) in [7, 11) is -2.49. The monoisotopic (exact) mass is 450 g/mol. The van der Waals surface area contributed by atoms with E-state index >= 15 is 0 Å². The van der Waals surface area contributed by atoms with Crippen molar-refractivity contribution in [3.8, 4) is 0 Å². The minimum Gasteiger partial charge on any atom is -0.465 e. The second-order valence-corrected chi connectivity index (χ2v) is 9.28. The molecule has 1 heterocycles. The Labute approximate surface area is 182 Å². The number of hydrogen-bond donors (Lipinski definition) is 0. The zero-order chi connectivity index (χ0) is 22.3. The van der Waals surface area contributed by atoms with Crippen molar-refractivity contribution < 1.29 is 27.1 Å². The van der Waals surface area contributed by atoms with Crippen molar-refractivity contribution in [2.45, 2.75) is 13.0 Å². The predicted molar refractivity (Wildman–Crippen MR) is 116 cm³/mol. The molecule has 1 saturated heterocycles. The molecule has 0 saturated carbocycles. The van der Waals surface area contributed by atoms with Gasteiger partial charge >= 0.3 is 5.97 Å². The van der Waals surface area contributed by atoms with Gasteiger partial charge in [-0.1, -0.05) is 24.3 Å². The SMILES string of the molecule is COC(=O)c1ccc(CN(c2ccccc2)S(=O)(=O)CCCN2CCOCC2)c(F)c1. The number of anilines is 1.